The number of benzene rings is 4. The highest BCUT2D eigenvalue weighted by atomic mass is 16.5. The van der Waals surface area contributed by atoms with Gasteiger partial charge in [-0.2, -0.15) is 0 Å². The molecule has 156 valence electrons. The molecule has 0 aliphatic rings. The van der Waals surface area contributed by atoms with Crippen LogP contribution in [0.3, 0.4) is 0 Å². The third-order valence-corrected chi connectivity index (χ3v) is 5.34. The van der Waals surface area contributed by atoms with Crippen LogP contribution in [0.4, 0.5) is 0 Å². The lowest BCUT2D eigenvalue weighted by molar-refractivity contribution is 0.108. The second-order valence-corrected chi connectivity index (χ2v) is 7.21. The Labute approximate surface area is 183 Å². The van der Waals surface area contributed by atoms with Crippen molar-refractivity contribution in [3.8, 4) is 33.8 Å². The van der Waals surface area contributed by atoms with Gasteiger partial charge in [-0.3, -0.25) is 0 Å². The largest absolute Gasteiger partial charge is 0.496 e. The van der Waals surface area contributed by atoms with Crippen LogP contribution < -0.4 is 9.47 Å². The molecule has 3 nitrogen and oxygen atoms in total. The van der Waals surface area contributed by atoms with Gasteiger partial charge in [0.2, 0.25) is 0 Å². The predicted octanol–water partition coefficient (Wildman–Crippen LogP) is 6.75. The molecule has 4 rings (SSSR count). The van der Waals surface area contributed by atoms with Gasteiger partial charge in [0.15, 0.2) is 0 Å². The van der Waals surface area contributed by atoms with E-state index in [1.807, 2.05) is 60.7 Å². The molecule has 0 radical (unpaired) electrons. The monoisotopic (exact) mass is 410 g/mol. The Bertz CT molecular complexity index is 1060. The molecule has 0 saturated carbocycles. The number of ether oxygens (including phenoxy) is 3. The fourth-order valence-electron chi connectivity index (χ4n) is 3.82. The first-order chi connectivity index (χ1) is 15.3. The molecule has 4 aromatic carbocycles. The van der Waals surface area contributed by atoms with Crippen LogP contribution in [0.15, 0.2) is 97.1 Å². The third-order valence-electron chi connectivity index (χ3n) is 5.34. The summed E-state index contributed by atoms with van der Waals surface area (Å²) in [5.41, 5.74) is 6.64. The van der Waals surface area contributed by atoms with Crippen LogP contribution in [0.5, 0.6) is 11.5 Å². The van der Waals surface area contributed by atoms with E-state index in [1.54, 1.807) is 14.2 Å². The fourth-order valence-corrected chi connectivity index (χ4v) is 3.82. The second-order valence-electron chi connectivity index (χ2n) is 7.21. The number of para-hydroxylation sites is 2. The van der Waals surface area contributed by atoms with Gasteiger partial charge in [0.05, 0.1) is 27.4 Å². The number of methoxy groups -OCH3 is 2. The Morgan fingerprint density at radius 3 is 1.23 bits per heavy atom. The molecule has 0 heterocycles. The van der Waals surface area contributed by atoms with E-state index in [-0.39, 0.29) is 0 Å². The molecule has 0 fully saturated rings. The first kappa shape index (κ1) is 20.7. The molecule has 0 bridgehead atoms. The van der Waals surface area contributed by atoms with Crippen molar-refractivity contribution in [3.63, 3.8) is 0 Å². The van der Waals surface area contributed by atoms with Gasteiger partial charge in [0.25, 0.3) is 0 Å². The lowest BCUT2D eigenvalue weighted by Crippen LogP contribution is -1.99. The van der Waals surface area contributed by atoms with Crippen molar-refractivity contribution in [2.24, 2.45) is 0 Å². The smallest absolute Gasteiger partial charge is 0.126 e. The standard InChI is InChI=1S/C28H26O3/c1-29-27-17-9-7-15-25(27)23-13-5-3-11-21(23)19-31-20-22-12-4-6-14-24(22)26-16-8-10-18-28(26)30-2/h3-18H,19-20H2,1-2H3. The zero-order valence-electron chi connectivity index (χ0n) is 17.9. The SMILES string of the molecule is COc1ccccc1-c1ccccc1COCc1ccccc1-c1ccccc1OC. The Morgan fingerprint density at radius 1 is 0.452 bits per heavy atom. The van der Waals surface area contributed by atoms with Gasteiger partial charge in [-0.25, -0.2) is 0 Å². The van der Waals surface area contributed by atoms with Gasteiger partial charge in [0.1, 0.15) is 11.5 Å². The number of hydrogen-bond acceptors (Lipinski definition) is 3. The normalized spacial score (nSPS) is 10.6. The molecule has 0 atom stereocenters. The summed E-state index contributed by atoms with van der Waals surface area (Å²) in [5.74, 6) is 1.72. The van der Waals surface area contributed by atoms with Crippen molar-refractivity contribution in [1.29, 1.82) is 0 Å². The van der Waals surface area contributed by atoms with E-state index in [4.69, 9.17) is 14.2 Å². The summed E-state index contributed by atoms with van der Waals surface area (Å²) < 4.78 is 17.3. The molecule has 0 aliphatic carbocycles. The van der Waals surface area contributed by atoms with Crippen molar-refractivity contribution in [3.05, 3.63) is 108 Å². The van der Waals surface area contributed by atoms with Crippen LogP contribution in [-0.2, 0) is 18.0 Å². The van der Waals surface area contributed by atoms with E-state index >= 15 is 0 Å². The Morgan fingerprint density at radius 2 is 0.806 bits per heavy atom. The Hall–Kier alpha value is -3.56. The van der Waals surface area contributed by atoms with Gasteiger partial charge < -0.3 is 14.2 Å². The van der Waals surface area contributed by atoms with E-state index in [2.05, 4.69) is 36.4 Å². The molecule has 0 aliphatic heterocycles. The summed E-state index contributed by atoms with van der Waals surface area (Å²) in [4.78, 5) is 0. The molecule has 0 aromatic heterocycles. The molecule has 4 aromatic rings. The summed E-state index contributed by atoms with van der Waals surface area (Å²) in [6.45, 7) is 1.02. The zero-order valence-corrected chi connectivity index (χ0v) is 17.9. The van der Waals surface area contributed by atoms with E-state index < -0.39 is 0 Å². The van der Waals surface area contributed by atoms with Gasteiger partial charge in [-0.05, 0) is 34.4 Å². The van der Waals surface area contributed by atoms with E-state index in [1.165, 1.54) is 0 Å². The minimum atomic E-state index is 0.508. The molecule has 0 spiro atoms. The van der Waals surface area contributed by atoms with Crippen molar-refractivity contribution < 1.29 is 14.2 Å². The van der Waals surface area contributed by atoms with Crippen LogP contribution >= 0.6 is 0 Å². The summed E-state index contributed by atoms with van der Waals surface area (Å²) in [5, 5.41) is 0. The summed E-state index contributed by atoms with van der Waals surface area (Å²) in [6, 6.07) is 32.7. The zero-order chi connectivity index (χ0) is 21.5. The average Bonchev–Trinajstić information content (AvgIpc) is 2.84. The third kappa shape index (κ3) is 4.62. The van der Waals surface area contributed by atoms with Crippen LogP contribution in [0.25, 0.3) is 22.3 Å². The molecule has 0 unspecified atom stereocenters. The Balaban J connectivity index is 1.56. The van der Waals surface area contributed by atoms with Crippen molar-refractivity contribution >= 4 is 0 Å². The topological polar surface area (TPSA) is 27.7 Å². The number of hydrogen-bond donors (Lipinski definition) is 0. The van der Waals surface area contributed by atoms with E-state index in [0.29, 0.717) is 13.2 Å². The van der Waals surface area contributed by atoms with Gasteiger partial charge in [-0.1, -0.05) is 84.9 Å². The highest BCUT2D eigenvalue weighted by molar-refractivity contribution is 5.74. The molecule has 0 amide bonds. The van der Waals surface area contributed by atoms with E-state index in [0.717, 1.165) is 44.9 Å². The van der Waals surface area contributed by atoms with Crippen LogP contribution in [-0.4, -0.2) is 14.2 Å². The van der Waals surface area contributed by atoms with Gasteiger partial charge in [0, 0.05) is 11.1 Å². The maximum atomic E-state index is 6.20. The fraction of sp³-hybridized carbons (Fsp3) is 0.143. The molecular weight excluding hydrogens is 384 g/mol. The minimum Gasteiger partial charge on any atom is -0.496 e. The molecule has 0 N–H and O–H groups in total. The first-order valence-electron chi connectivity index (χ1n) is 10.3. The van der Waals surface area contributed by atoms with Gasteiger partial charge in [-0.15, -0.1) is 0 Å². The van der Waals surface area contributed by atoms with Crippen molar-refractivity contribution in [2.75, 3.05) is 14.2 Å². The maximum absolute atomic E-state index is 6.20. The summed E-state index contributed by atoms with van der Waals surface area (Å²) >= 11 is 0. The van der Waals surface area contributed by atoms with Crippen molar-refractivity contribution in [2.45, 2.75) is 13.2 Å². The predicted molar refractivity (Wildman–Crippen MR) is 125 cm³/mol. The highest BCUT2D eigenvalue weighted by Gasteiger charge is 2.12. The first-order valence-corrected chi connectivity index (χ1v) is 10.3. The highest BCUT2D eigenvalue weighted by Crippen LogP contribution is 2.34. The summed E-state index contributed by atoms with van der Waals surface area (Å²) in [7, 11) is 3.40. The molecular formula is C28H26O3. The summed E-state index contributed by atoms with van der Waals surface area (Å²) in [6.07, 6.45) is 0. The van der Waals surface area contributed by atoms with Crippen molar-refractivity contribution in [1.82, 2.24) is 0 Å². The van der Waals surface area contributed by atoms with E-state index in [9.17, 15) is 0 Å². The molecule has 0 saturated heterocycles. The van der Waals surface area contributed by atoms with Gasteiger partial charge >= 0.3 is 0 Å². The Kier molecular flexibility index (Phi) is 6.65. The lowest BCUT2D eigenvalue weighted by Gasteiger charge is -2.15. The average molecular weight is 411 g/mol. The van der Waals surface area contributed by atoms with Crippen LogP contribution in [0, 0.1) is 0 Å². The number of rotatable bonds is 8. The van der Waals surface area contributed by atoms with Crippen LogP contribution in [0.1, 0.15) is 11.1 Å². The van der Waals surface area contributed by atoms with Crippen LogP contribution in [0.2, 0.25) is 0 Å². The lowest BCUT2D eigenvalue weighted by atomic mass is 9.98. The molecule has 3 heteroatoms. The maximum Gasteiger partial charge on any atom is 0.126 e. The second kappa shape index (κ2) is 9.96. The minimum absolute atomic E-state index is 0.508. The molecule has 31 heavy (non-hydrogen) atoms. The quantitative estimate of drug-likeness (QED) is 0.321.